The molecule has 0 aliphatic rings. The van der Waals surface area contributed by atoms with Crippen molar-refractivity contribution in [3.05, 3.63) is 81.9 Å². The first-order valence-corrected chi connectivity index (χ1v) is 8.09. The van der Waals surface area contributed by atoms with Crippen LogP contribution in [-0.2, 0) is 7.05 Å². The smallest absolute Gasteiger partial charge is 0.270 e. The summed E-state index contributed by atoms with van der Waals surface area (Å²) < 4.78 is 7.08. The van der Waals surface area contributed by atoms with E-state index in [1.54, 1.807) is 13.3 Å². The van der Waals surface area contributed by atoms with E-state index in [9.17, 15) is 15.4 Å². The number of hydrogen-bond acceptors (Lipinski definition) is 6. The third-order valence-electron chi connectivity index (χ3n) is 4.20. The van der Waals surface area contributed by atoms with Crippen LogP contribution < -0.4 is 10.1 Å². The molecule has 27 heavy (non-hydrogen) atoms. The first-order chi connectivity index (χ1) is 13.0. The average Bonchev–Trinajstić information content (AvgIpc) is 3.11. The molecule has 0 amide bonds. The van der Waals surface area contributed by atoms with Gasteiger partial charge in [0.15, 0.2) is 0 Å². The van der Waals surface area contributed by atoms with E-state index in [0.717, 1.165) is 17.1 Å². The molecule has 0 fully saturated rings. The second kappa shape index (κ2) is 7.58. The molecule has 136 valence electrons. The van der Waals surface area contributed by atoms with Crippen LogP contribution in [0.1, 0.15) is 23.0 Å². The lowest BCUT2D eigenvalue weighted by molar-refractivity contribution is -0.384. The van der Waals surface area contributed by atoms with E-state index in [0.29, 0.717) is 5.69 Å². The molecule has 1 heterocycles. The van der Waals surface area contributed by atoms with Gasteiger partial charge in [0.25, 0.3) is 5.69 Å². The Morgan fingerprint density at radius 3 is 2.59 bits per heavy atom. The van der Waals surface area contributed by atoms with Crippen LogP contribution in [0.5, 0.6) is 5.75 Å². The average molecular weight is 363 g/mol. The first-order valence-electron chi connectivity index (χ1n) is 8.09. The summed E-state index contributed by atoms with van der Waals surface area (Å²) in [6, 6.07) is 13.3. The molecule has 1 N–H and O–H groups in total. The molecule has 0 saturated heterocycles. The van der Waals surface area contributed by atoms with Crippen LogP contribution in [0.25, 0.3) is 0 Å². The standard InChI is InChI=1S/C19H17N5O3/c1-23-10-9-21-19(23)18(13-3-6-16(27-2)7-4-13)22-17-8-5-15(24(25)26)11-14(17)12-20/h3-11,18,22H,1-2H3. The Morgan fingerprint density at radius 1 is 1.30 bits per heavy atom. The van der Waals surface area contributed by atoms with Gasteiger partial charge in [0.2, 0.25) is 0 Å². The Labute approximate surface area is 155 Å². The maximum atomic E-state index is 11.0. The number of aromatic nitrogens is 2. The predicted octanol–water partition coefficient (Wildman–Crippen LogP) is 3.41. The molecule has 1 unspecified atom stereocenters. The van der Waals surface area contributed by atoms with Gasteiger partial charge in [-0.1, -0.05) is 12.1 Å². The predicted molar refractivity (Wildman–Crippen MR) is 99.5 cm³/mol. The van der Waals surface area contributed by atoms with Gasteiger partial charge in [-0.05, 0) is 23.8 Å². The van der Waals surface area contributed by atoms with Crippen molar-refractivity contribution in [1.82, 2.24) is 9.55 Å². The molecule has 1 aromatic heterocycles. The maximum absolute atomic E-state index is 11.0. The number of nitro groups is 1. The molecule has 1 atom stereocenters. The highest BCUT2D eigenvalue weighted by Crippen LogP contribution is 2.30. The fourth-order valence-electron chi connectivity index (χ4n) is 2.77. The Hall–Kier alpha value is -3.86. The monoisotopic (exact) mass is 363 g/mol. The molecular weight excluding hydrogens is 346 g/mol. The van der Waals surface area contributed by atoms with Crippen LogP contribution in [0.2, 0.25) is 0 Å². The highest BCUT2D eigenvalue weighted by atomic mass is 16.6. The third-order valence-corrected chi connectivity index (χ3v) is 4.20. The summed E-state index contributed by atoms with van der Waals surface area (Å²) in [5, 5.41) is 23.7. The van der Waals surface area contributed by atoms with E-state index in [1.807, 2.05) is 48.1 Å². The van der Waals surface area contributed by atoms with E-state index in [2.05, 4.69) is 10.3 Å². The summed E-state index contributed by atoms with van der Waals surface area (Å²) >= 11 is 0. The highest BCUT2D eigenvalue weighted by molar-refractivity contribution is 5.63. The molecule has 0 radical (unpaired) electrons. The fraction of sp³-hybridized carbons (Fsp3) is 0.158. The number of benzene rings is 2. The number of imidazole rings is 1. The van der Waals surface area contributed by atoms with Crippen LogP contribution in [0, 0.1) is 21.4 Å². The number of nitriles is 1. The number of aryl methyl sites for hydroxylation is 1. The molecular formula is C19H17N5O3. The zero-order valence-corrected chi connectivity index (χ0v) is 14.8. The number of ether oxygens (including phenoxy) is 1. The second-order valence-electron chi connectivity index (χ2n) is 5.85. The zero-order valence-electron chi connectivity index (χ0n) is 14.8. The van der Waals surface area contributed by atoms with Crippen LogP contribution in [0.4, 0.5) is 11.4 Å². The van der Waals surface area contributed by atoms with Gasteiger partial charge in [0.05, 0.1) is 23.3 Å². The summed E-state index contributed by atoms with van der Waals surface area (Å²) in [6.07, 6.45) is 3.52. The van der Waals surface area contributed by atoms with Gasteiger partial charge in [-0.3, -0.25) is 10.1 Å². The van der Waals surface area contributed by atoms with Crippen LogP contribution in [-0.4, -0.2) is 21.6 Å². The van der Waals surface area contributed by atoms with E-state index in [4.69, 9.17) is 4.74 Å². The van der Waals surface area contributed by atoms with Crippen molar-refractivity contribution >= 4 is 11.4 Å². The summed E-state index contributed by atoms with van der Waals surface area (Å²) in [4.78, 5) is 14.9. The van der Waals surface area contributed by atoms with E-state index in [1.165, 1.54) is 18.2 Å². The molecule has 0 saturated carbocycles. The largest absolute Gasteiger partial charge is 0.497 e. The molecule has 0 aliphatic carbocycles. The molecule has 0 spiro atoms. The summed E-state index contributed by atoms with van der Waals surface area (Å²) in [6.45, 7) is 0. The Bertz CT molecular complexity index is 1000. The van der Waals surface area contributed by atoms with E-state index in [-0.39, 0.29) is 17.3 Å². The van der Waals surface area contributed by atoms with Gasteiger partial charge in [-0.15, -0.1) is 0 Å². The lowest BCUT2D eigenvalue weighted by Gasteiger charge is -2.21. The zero-order chi connectivity index (χ0) is 19.4. The lowest BCUT2D eigenvalue weighted by atomic mass is 10.0. The number of rotatable bonds is 6. The summed E-state index contributed by atoms with van der Waals surface area (Å²) in [7, 11) is 3.47. The van der Waals surface area contributed by atoms with Crippen molar-refractivity contribution < 1.29 is 9.66 Å². The molecule has 8 nitrogen and oxygen atoms in total. The molecule has 3 rings (SSSR count). The first kappa shape index (κ1) is 17.9. The van der Waals surface area contributed by atoms with Gasteiger partial charge in [0.1, 0.15) is 23.7 Å². The molecule has 2 aromatic carbocycles. The van der Waals surface area contributed by atoms with Gasteiger partial charge < -0.3 is 14.6 Å². The maximum Gasteiger partial charge on any atom is 0.270 e. The van der Waals surface area contributed by atoms with Crippen LogP contribution >= 0.6 is 0 Å². The lowest BCUT2D eigenvalue weighted by Crippen LogP contribution is -2.17. The van der Waals surface area contributed by atoms with Crippen molar-refractivity contribution in [2.45, 2.75) is 6.04 Å². The molecule has 3 aromatic rings. The number of nitrogens with one attached hydrogen (secondary N) is 1. The number of methoxy groups -OCH3 is 1. The van der Waals surface area contributed by atoms with Crippen molar-refractivity contribution in [3.63, 3.8) is 0 Å². The topological polar surface area (TPSA) is 106 Å². The Balaban J connectivity index is 2.03. The number of nitrogens with zero attached hydrogens (tertiary/aromatic N) is 4. The second-order valence-corrected chi connectivity index (χ2v) is 5.85. The minimum absolute atomic E-state index is 0.130. The summed E-state index contributed by atoms with van der Waals surface area (Å²) in [5.41, 5.74) is 1.46. The number of nitro benzene ring substituents is 1. The normalized spacial score (nSPS) is 11.4. The van der Waals surface area contributed by atoms with Crippen molar-refractivity contribution in [3.8, 4) is 11.8 Å². The third kappa shape index (κ3) is 3.72. The minimum atomic E-state index is -0.523. The van der Waals surface area contributed by atoms with Crippen molar-refractivity contribution in [2.75, 3.05) is 12.4 Å². The summed E-state index contributed by atoms with van der Waals surface area (Å²) in [5.74, 6) is 1.47. The van der Waals surface area contributed by atoms with Gasteiger partial charge in [-0.2, -0.15) is 5.26 Å². The molecule has 0 bridgehead atoms. The number of anilines is 1. The van der Waals surface area contributed by atoms with E-state index >= 15 is 0 Å². The fourth-order valence-corrected chi connectivity index (χ4v) is 2.77. The Kier molecular flexibility index (Phi) is 5.04. The van der Waals surface area contributed by atoms with Crippen molar-refractivity contribution in [1.29, 1.82) is 5.26 Å². The van der Waals surface area contributed by atoms with Crippen molar-refractivity contribution in [2.24, 2.45) is 7.05 Å². The quantitative estimate of drug-likeness (QED) is 0.531. The van der Waals surface area contributed by atoms with Crippen LogP contribution in [0.3, 0.4) is 0 Å². The van der Waals surface area contributed by atoms with Gasteiger partial charge in [0, 0.05) is 31.6 Å². The Morgan fingerprint density at radius 2 is 2.04 bits per heavy atom. The van der Waals surface area contributed by atoms with E-state index < -0.39 is 4.92 Å². The molecule has 8 heteroatoms. The van der Waals surface area contributed by atoms with Crippen LogP contribution in [0.15, 0.2) is 54.9 Å². The SMILES string of the molecule is COc1ccc(C(Nc2ccc([N+](=O)[O-])cc2C#N)c2nccn2C)cc1. The number of hydrogen-bond donors (Lipinski definition) is 1. The number of non-ortho nitro benzene ring substituents is 1. The molecule has 0 aliphatic heterocycles. The van der Waals surface area contributed by atoms with Gasteiger partial charge in [-0.25, -0.2) is 4.98 Å². The van der Waals surface area contributed by atoms with Gasteiger partial charge >= 0.3 is 0 Å². The highest BCUT2D eigenvalue weighted by Gasteiger charge is 2.21. The minimum Gasteiger partial charge on any atom is -0.497 e.